The van der Waals surface area contributed by atoms with Crippen molar-refractivity contribution < 1.29 is 22.7 Å². The van der Waals surface area contributed by atoms with Gasteiger partial charge in [-0.15, -0.1) is 0 Å². The second-order valence-electron chi connectivity index (χ2n) is 10.2. The van der Waals surface area contributed by atoms with Gasteiger partial charge in [-0.1, -0.05) is 50.1 Å². The van der Waals surface area contributed by atoms with Gasteiger partial charge in [-0.2, -0.15) is 0 Å². The minimum absolute atomic E-state index is 0.00369. The maximum Gasteiger partial charge on any atom is 0.264 e. The lowest BCUT2D eigenvalue weighted by Gasteiger charge is -2.33. The number of unbranched alkanes of at least 4 members (excludes halogenated alkanes) is 1. The Labute approximate surface area is 254 Å². The van der Waals surface area contributed by atoms with E-state index >= 15 is 0 Å². The van der Waals surface area contributed by atoms with E-state index in [1.54, 1.807) is 31.4 Å². The van der Waals surface area contributed by atoms with Crippen molar-refractivity contribution in [2.24, 2.45) is 0 Å². The zero-order chi connectivity index (χ0) is 30.9. The summed E-state index contributed by atoms with van der Waals surface area (Å²) in [4.78, 5) is 28.9. The maximum absolute atomic E-state index is 14.2. The standard InChI is InChI=1S/C32H40ClN3O5S/c1-6-8-19-34-32(38)30(7-2)35(21-25-10-15-28(41-5)16-11-25)31(37)22-36(27-14-9-23(3)24(4)20-27)42(39,40)29-17-12-26(33)13-18-29/h9-18,20,30H,6-8,19,21-22H2,1-5H3,(H,34,38). The van der Waals surface area contributed by atoms with E-state index in [1.807, 2.05) is 45.9 Å². The van der Waals surface area contributed by atoms with Crippen LogP contribution in [0.5, 0.6) is 5.75 Å². The molecule has 0 saturated heterocycles. The van der Waals surface area contributed by atoms with Crippen molar-refractivity contribution in [1.82, 2.24) is 10.2 Å². The molecule has 3 aromatic rings. The number of carbonyl (C=O) groups is 2. The van der Waals surface area contributed by atoms with Crippen LogP contribution in [-0.4, -0.2) is 51.4 Å². The number of anilines is 1. The number of rotatable bonds is 14. The minimum Gasteiger partial charge on any atom is -0.497 e. The summed E-state index contributed by atoms with van der Waals surface area (Å²) in [6.07, 6.45) is 2.08. The van der Waals surface area contributed by atoms with E-state index in [9.17, 15) is 18.0 Å². The van der Waals surface area contributed by atoms with Gasteiger partial charge in [-0.05, 0) is 91.9 Å². The van der Waals surface area contributed by atoms with Crippen molar-refractivity contribution in [3.63, 3.8) is 0 Å². The molecule has 0 radical (unpaired) electrons. The van der Waals surface area contributed by atoms with E-state index in [0.29, 0.717) is 29.4 Å². The Bertz CT molecular complexity index is 1460. The Morgan fingerprint density at radius 3 is 2.19 bits per heavy atom. The molecule has 226 valence electrons. The zero-order valence-electron chi connectivity index (χ0n) is 24.9. The summed E-state index contributed by atoms with van der Waals surface area (Å²) in [5.74, 6) is -0.110. The first-order valence-electron chi connectivity index (χ1n) is 14.1. The largest absolute Gasteiger partial charge is 0.497 e. The normalized spacial score (nSPS) is 12.0. The van der Waals surface area contributed by atoms with Gasteiger partial charge in [0.25, 0.3) is 10.0 Å². The molecule has 0 fully saturated rings. The fourth-order valence-electron chi connectivity index (χ4n) is 4.50. The van der Waals surface area contributed by atoms with Crippen LogP contribution in [0, 0.1) is 13.8 Å². The predicted octanol–water partition coefficient (Wildman–Crippen LogP) is 5.88. The number of benzene rings is 3. The van der Waals surface area contributed by atoms with Crippen LogP contribution in [0.25, 0.3) is 0 Å². The van der Waals surface area contributed by atoms with E-state index in [0.717, 1.165) is 33.8 Å². The zero-order valence-corrected chi connectivity index (χ0v) is 26.5. The Kier molecular flexibility index (Phi) is 11.8. The molecule has 8 nitrogen and oxygen atoms in total. The first-order valence-corrected chi connectivity index (χ1v) is 15.9. The van der Waals surface area contributed by atoms with Gasteiger partial charge in [0.2, 0.25) is 11.8 Å². The smallest absolute Gasteiger partial charge is 0.264 e. The molecule has 0 heterocycles. The predicted molar refractivity (Wildman–Crippen MR) is 167 cm³/mol. The van der Waals surface area contributed by atoms with Crippen LogP contribution < -0.4 is 14.4 Å². The second kappa shape index (κ2) is 15.1. The first kappa shape index (κ1) is 32.9. The third kappa shape index (κ3) is 8.26. The molecule has 0 aliphatic heterocycles. The van der Waals surface area contributed by atoms with E-state index in [4.69, 9.17) is 16.3 Å². The van der Waals surface area contributed by atoms with Gasteiger partial charge < -0.3 is 15.0 Å². The summed E-state index contributed by atoms with van der Waals surface area (Å²) in [5.41, 5.74) is 3.01. The van der Waals surface area contributed by atoms with Crippen LogP contribution in [0.4, 0.5) is 5.69 Å². The molecule has 0 spiro atoms. The quantitative estimate of drug-likeness (QED) is 0.229. The van der Waals surface area contributed by atoms with Gasteiger partial charge in [0.15, 0.2) is 0 Å². The Hall–Kier alpha value is -3.56. The van der Waals surface area contributed by atoms with Crippen LogP contribution in [-0.2, 0) is 26.2 Å². The van der Waals surface area contributed by atoms with Crippen LogP contribution in [0.2, 0.25) is 5.02 Å². The van der Waals surface area contributed by atoms with Crippen LogP contribution >= 0.6 is 11.6 Å². The van der Waals surface area contributed by atoms with Crippen molar-refractivity contribution in [1.29, 1.82) is 0 Å². The molecule has 0 aromatic heterocycles. The summed E-state index contributed by atoms with van der Waals surface area (Å²) in [7, 11) is -2.60. The highest BCUT2D eigenvalue weighted by atomic mass is 35.5. The molecule has 2 amide bonds. The van der Waals surface area contributed by atoms with E-state index < -0.39 is 28.5 Å². The molecule has 1 atom stereocenters. The number of methoxy groups -OCH3 is 1. The molecule has 3 rings (SSSR count). The number of hydrogen-bond acceptors (Lipinski definition) is 5. The number of nitrogens with zero attached hydrogens (tertiary/aromatic N) is 2. The highest BCUT2D eigenvalue weighted by Crippen LogP contribution is 2.27. The molecule has 0 aliphatic rings. The van der Waals surface area contributed by atoms with Gasteiger partial charge in [-0.3, -0.25) is 13.9 Å². The summed E-state index contributed by atoms with van der Waals surface area (Å²) >= 11 is 6.03. The molecule has 10 heteroatoms. The number of aryl methyl sites for hydroxylation is 2. The minimum atomic E-state index is -4.17. The molecule has 0 saturated carbocycles. The van der Waals surface area contributed by atoms with Crippen LogP contribution in [0.15, 0.2) is 71.6 Å². The molecule has 1 N–H and O–H groups in total. The maximum atomic E-state index is 14.2. The molecule has 42 heavy (non-hydrogen) atoms. The first-order chi connectivity index (χ1) is 20.0. The van der Waals surface area contributed by atoms with Crippen molar-refractivity contribution in [2.75, 3.05) is 24.5 Å². The van der Waals surface area contributed by atoms with E-state index in [-0.39, 0.29) is 17.3 Å². The fraction of sp³-hybridized carbons (Fsp3) is 0.375. The lowest BCUT2D eigenvalue weighted by atomic mass is 10.1. The molecular formula is C32H40ClN3O5S. The van der Waals surface area contributed by atoms with Crippen molar-refractivity contribution in [3.8, 4) is 5.75 Å². The van der Waals surface area contributed by atoms with Gasteiger partial charge in [0.1, 0.15) is 18.3 Å². The summed E-state index contributed by atoms with van der Waals surface area (Å²) < 4.78 is 34.4. The van der Waals surface area contributed by atoms with Gasteiger partial charge in [-0.25, -0.2) is 8.42 Å². The van der Waals surface area contributed by atoms with Crippen molar-refractivity contribution >= 4 is 39.1 Å². The molecule has 3 aromatic carbocycles. The highest BCUT2D eigenvalue weighted by Gasteiger charge is 2.33. The number of carbonyl (C=O) groups excluding carboxylic acids is 2. The van der Waals surface area contributed by atoms with Crippen molar-refractivity contribution in [3.05, 3.63) is 88.4 Å². The SMILES string of the molecule is CCCCNC(=O)C(CC)N(Cc1ccc(OC)cc1)C(=O)CN(c1ccc(C)c(C)c1)S(=O)(=O)c1ccc(Cl)cc1. The Morgan fingerprint density at radius 1 is 0.952 bits per heavy atom. The van der Waals surface area contributed by atoms with Crippen molar-refractivity contribution in [2.45, 2.75) is 64.4 Å². The highest BCUT2D eigenvalue weighted by molar-refractivity contribution is 7.92. The molecule has 0 aliphatic carbocycles. The van der Waals surface area contributed by atoms with E-state index in [2.05, 4.69) is 5.32 Å². The lowest BCUT2D eigenvalue weighted by Crippen LogP contribution is -2.52. The topological polar surface area (TPSA) is 96.0 Å². The lowest BCUT2D eigenvalue weighted by molar-refractivity contribution is -0.140. The monoisotopic (exact) mass is 613 g/mol. The van der Waals surface area contributed by atoms with Gasteiger partial charge >= 0.3 is 0 Å². The molecule has 1 unspecified atom stereocenters. The number of ether oxygens (including phenoxy) is 1. The number of halogens is 1. The number of sulfonamides is 1. The number of hydrogen-bond donors (Lipinski definition) is 1. The Morgan fingerprint density at radius 2 is 1.62 bits per heavy atom. The third-order valence-corrected chi connectivity index (χ3v) is 9.23. The van der Waals surface area contributed by atoms with Crippen LogP contribution in [0.1, 0.15) is 49.8 Å². The van der Waals surface area contributed by atoms with Gasteiger partial charge in [0, 0.05) is 18.1 Å². The summed E-state index contributed by atoms with van der Waals surface area (Å²) in [5, 5.41) is 3.33. The summed E-state index contributed by atoms with van der Waals surface area (Å²) in [6, 6.07) is 17.5. The van der Waals surface area contributed by atoms with Crippen LogP contribution in [0.3, 0.4) is 0 Å². The Balaban J connectivity index is 2.05. The van der Waals surface area contributed by atoms with Gasteiger partial charge in [0.05, 0.1) is 17.7 Å². The second-order valence-corrected chi connectivity index (χ2v) is 12.5. The average Bonchev–Trinajstić information content (AvgIpc) is 2.97. The number of amides is 2. The fourth-order valence-corrected chi connectivity index (χ4v) is 6.03. The average molecular weight is 614 g/mol. The molecular weight excluding hydrogens is 574 g/mol. The summed E-state index contributed by atoms with van der Waals surface area (Å²) in [6.45, 7) is 7.80. The van der Waals surface area contributed by atoms with E-state index in [1.165, 1.54) is 29.2 Å². The molecule has 0 bridgehead atoms. The number of nitrogens with one attached hydrogen (secondary N) is 1. The third-order valence-electron chi connectivity index (χ3n) is 7.19.